The van der Waals surface area contributed by atoms with E-state index in [1.165, 1.54) is 18.7 Å². The molecular weight excluding hydrogens is 380 g/mol. The summed E-state index contributed by atoms with van der Waals surface area (Å²) in [6, 6.07) is 7.03. The molecule has 0 spiro atoms. The van der Waals surface area contributed by atoms with Gasteiger partial charge in [-0.3, -0.25) is 14.2 Å². The summed E-state index contributed by atoms with van der Waals surface area (Å²) in [5.41, 5.74) is 1.27. The van der Waals surface area contributed by atoms with Gasteiger partial charge >= 0.3 is 0 Å². The zero-order chi connectivity index (χ0) is 19.9. The van der Waals surface area contributed by atoms with E-state index in [4.69, 9.17) is 4.74 Å². The highest BCUT2D eigenvalue weighted by Gasteiger charge is 2.20. The topological polar surface area (TPSA) is 101 Å². The standard InChI is InChI=1S/C18H24N6O3S/c1-3-24-17(23-7-9-27-10-8-23)21-22-18(24)28-12-16(26)20-15-6-4-5-14(11-15)19-13(2)25/h4-6,11H,3,7-10,12H2,1-2H3,(H,19,25)(H,20,26). The Morgan fingerprint density at radius 2 is 1.89 bits per heavy atom. The molecule has 1 aromatic heterocycles. The van der Waals surface area contributed by atoms with Gasteiger partial charge < -0.3 is 20.3 Å². The largest absolute Gasteiger partial charge is 0.378 e. The van der Waals surface area contributed by atoms with Crippen LogP contribution in [0, 0.1) is 0 Å². The van der Waals surface area contributed by atoms with Crippen molar-refractivity contribution >= 4 is 40.9 Å². The number of thioether (sulfide) groups is 1. The van der Waals surface area contributed by atoms with Gasteiger partial charge in [0, 0.05) is 37.9 Å². The third kappa shape index (κ3) is 5.23. The van der Waals surface area contributed by atoms with Crippen molar-refractivity contribution in [3.05, 3.63) is 24.3 Å². The second-order valence-corrected chi connectivity index (χ2v) is 7.17. The van der Waals surface area contributed by atoms with E-state index in [0.717, 1.165) is 25.6 Å². The third-order valence-electron chi connectivity index (χ3n) is 4.11. The first kappa shape index (κ1) is 20.2. The lowest BCUT2D eigenvalue weighted by Gasteiger charge is -2.27. The van der Waals surface area contributed by atoms with E-state index in [0.29, 0.717) is 29.7 Å². The molecule has 1 aliphatic rings. The van der Waals surface area contributed by atoms with Gasteiger partial charge in [0.25, 0.3) is 0 Å². The first-order valence-corrected chi connectivity index (χ1v) is 10.1. The minimum atomic E-state index is -0.158. The Morgan fingerprint density at radius 1 is 1.18 bits per heavy atom. The molecule has 0 radical (unpaired) electrons. The molecule has 2 amide bonds. The van der Waals surface area contributed by atoms with Crippen molar-refractivity contribution in [1.29, 1.82) is 0 Å². The van der Waals surface area contributed by atoms with Gasteiger partial charge in [0.05, 0.1) is 19.0 Å². The molecule has 1 aromatic carbocycles. The minimum absolute atomic E-state index is 0.149. The van der Waals surface area contributed by atoms with Gasteiger partial charge in [-0.2, -0.15) is 0 Å². The maximum atomic E-state index is 12.3. The van der Waals surface area contributed by atoms with Crippen molar-refractivity contribution in [3.63, 3.8) is 0 Å². The van der Waals surface area contributed by atoms with Crippen LogP contribution in [-0.4, -0.2) is 58.6 Å². The summed E-state index contributed by atoms with van der Waals surface area (Å²) in [6.45, 7) is 7.13. The predicted molar refractivity (Wildman–Crippen MR) is 109 cm³/mol. The van der Waals surface area contributed by atoms with Crippen molar-refractivity contribution in [2.75, 3.05) is 47.6 Å². The number of morpholine rings is 1. The number of carbonyl (C=O) groups excluding carboxylic acids is 2. The Morgan fingerprint density at radius 3 is 2.57 bits per heavy atom. The van der Waals surface area contributed by atoms with Crippen LogP contribution in [0.3, 0.4) is 0 Å². The van der Waals surface area contributed by atoms with E-state index >= 15 is 0 Å². The van der Waals surface area contributed by atoms with E-state index in [1.54, 1.807) is 24.3 Å². The smallest absolute Gasteiger partial charge is 0.234 e. The van der Waals surface area contributed by atoms with Gasteiger partial charge in [-0.25, -0.2) is 0 Å². The fourth-order valence-corrected chi connectivity index (χ4v) is 3.66. The molecule has 1 aliphatic heterocycles. The van der Waals surface area contributed by atoms with Crippen LogP contribution < -0.4 is 15.5 Å². The third-order valence-corrected chi connectivity index (χ3v) is 5.07. The van der Waals surface area contributed by atoms with Crippen LogP contribution in [-0.2, 0) is 20.9 Å². The van der Waals surface area contributed by atoms with Crippen LogP contribution in [0.15, 0.2) is 29.4 Å². The SMILES string of the molecule is CCn1c(SCC(=O)Nc2cccc(NC(C)=O)c2)nnc1N1CCOCC1. The fraction of sp³-hybridized carbons (Fsp3) is 0.444. The van der Waals surface area contributed by atoms with Crippen LogP contribution in [0.1, 0.15) is 13.8 Å². The van der Waals surface area contributed by atoms with Crippen molar-refractivity contribution in [1.82, 2.24) is 14.8 Å². The zero-order valence-electron chi connectivity index (χ0n) is 16.0. The molecule has 3 rings (SSSR count). The molecule has 28 heavy (non-hydrogen) atoms. The predicted octanol–water partition coefficient (Wildman–Crippen LogP) is 1.82. The van der Waals surface area contributed by atoms with Gasteiger partial charge in [-0.1, -0.05) is 17.8 Å². The summed E-state index contributed by atoms with van der Waals surface area (Å²) in [4.78, 5) is 25.6. The van der Waals surface area contributed by atoms with Crippen LogP contribution in [0.5, 0.6) is 0 Å². The molecule has 0 aliphatic carbocycles. The summed E-state index contributed by atoms with van der Waals surface area (Å²) in [5.74, 6) is 0.722. The van der Waals surface area contributed by atoms with Crippen molar-refractivity contribution in [2.45, 2.75) is 25.5 Å². The van der Waals surface area contributed by atoms with Gasteiger partial charge in [0.2, 0.25) is 17.8 Å². The molecule has 1 saturated heterocycles. The normalized spacial score (nSPS) is 14.0. The second kappa shape index (κ2) is 9.56. The van der Waals surface area contributed by atoms with Crippen LogP contribution >= 0.6 is 11.8 Å². The Kier molecular flexibility index (Phi) is 6.88. The molecule has 0 atom stereocenters. The first-order valence-electron chi connectivity index (χ1n) is 9.13. The van der Waals surface area contributed by atoms with E-state index in [1.807, 2.05) is 11.5 Å². The van der Waals surface area contributed by atoms with Gasteiger partial charge in [0.15, 0.2) is 5.16 Å². The number of hydrogen-bond acceptors (Lipinski definition) is 7. The number of hydrogen-bond donors (Lipinski definition) is 2. The number of rotatable bonds is 7. The Labute approximate surface area is 167 Å². The molecular formula is C18H24N6O3S. The molecule has 0 saturated carbocycles. The Hall–Kier alpha value is -2.59. The highest BCUT2D eigenvalue weighted by Crippen LogP contribution is 2.23. The molecule has 150 valence electrons. The second-order valence-electron chi connectivity index (χ2n) is 6.23. The first-order chi connectivity index (χ1) is 13.6. The Bertz CT molecular complexity index is 834. The monoisotopic (exact) mass is 404 g/mol. The molecule has 0 unspecified atom stereocenters. The molecule has 10 heteroatoms. The summed E-state index contributed by atoms with van der Waals surface area (Å²) in [5, 5.41) is 14.8. The fourth-order valence-electron chi connectivity index (χ4n) is 2.87. The van der Waals surface area contributed by atoms with Crippen LogP contribution in [0.25, 0.3) is 0 Å². The van der Waals surface area contributed by atoms with E-state index in [-0.39, 0.29) is 17.6 Å². The van der Waals surface area contributed by atoms with Crippen LogP contribution in [0.4, 0.5) is 17.3 Å². The minimum Gasteiger partial charge on any atom is -0.378 e. The van der Waals surface area contributed by atoms with Gasteiger partial charge in [0.1, 0.15) is 0 Å². The quantitative estimate of drug-likeness (QED) is 0.679. The van der Waals surface area contributed by atoms with Crippen molar-refractivity contribution in [3.8, 4) is 0 Å². The Balaban J connectivity index is 1.59. The molecule has 1 fully saturated rings. The van der Waals surface area contributed by atoms with E-state index in [9.17, 15) is 9.59 Å². The highest BCUT2D eigenvalue weighted by molar-refractivity contribution is 7.99. The van der Waals surface area contributed by atoms with E-state index in [2.05, 4.69) is 25.7 Å². The zero-order valence-corrected chi connectivity index (χ0v) is 16.8. The van der Waals surface area contributed by atoms with Gasteiger partial charge in [-0.15, -0.1) is 10.2 Å². The van der Waals surface area contributed by atoms with Gasteiger partial charge in [-0.05, 0) is 25.1 Å². The van der Waals surface area contributed by atoms with E-state index < -0.39 is 0 Å². The molecule has 0 bridgehead atoms. The average Bonchev–Trinajstić information content (AvgIpc) is 3.10. The summed E-state index contributed by atoms with van der Waals surface area (Å²) >= 11 is 1.35. The molecule has 2 heterocycles. The number of nitrogens with one attached hydrogen (secondary N) is 2. The molecule has 9 nitrogen and oxygen atoms in total. The maximum absolute atomic E-state index is 12.3. The lowest BCUT2D eigenvalue weighted by molar-refractivity contribution is -0.114. The number of aromatic nitrogens is 3. The van der Waals surface area contributed by atoms with Crippen molar-refractivity contribution < 1.29 is 14.3 Å². The number of benzene rings is 1. The number of nitrogens with zero attached hydrogens (tertiary/aromatic N) is 4. The number of carbonyl (C=O) groups is 2. The lowest BCUT2D eigenvalue weighted by Crippen LogP contribution is -2.38. The van der Waals surface area contributed by atoms with Crippen molar-refractivity contribution in [2.24, 2.45) is 0 Å². The maximum Gasteiger partial charge on any atom is 0.234 e. The molecule has 2 aromatic rings. The average molecular weight is 404 g/mol. The summed E-state index contributed by atoms with van der Waals surface area (Å²) in [6.07, 6.45) is 0. The summed E-state index contributed by atoms with van der Waals surface area (Å²) in [7, 11) is 0. The number of anilines is 3. The van der Waals surface area contributed by atoms with Crippen LogP contribution in [0.2, 0.25) is 0 Å². The number of ether oxygens (including phenoxy) is 1. The molecule has 2 N–H and O–H groups in total. The highest BCUT2D eigenvalue weighted by atomic mass is 32.2. The lowest BCUT2D eigenvalue weighted by atomic mass is 10.2. The summed E-state index contributed by atoms with van der Waals surface area (Å²) < 4.78 is 7.40. The number of amides is 2.